The van der Waals surface area contributed by atoms with Crippen LogP contribution >= 0.6 is 27.3 Å². The Hall–Kier alpha value is -1.60. The lowest BCUT2D eigenvalue weighted by Crippen LogP contribution is -1.94. The monoisotopic (exact) mass is 358 g/mol. The summed E-state index contributed by atoms with van der Waals surface area (Å²) in [7, 11) is 0. The van der Waals surface area contributed by atoms with Gasteiger partial charge in [-0.3, -0.25) is 0 Å². The summed E-state index contributed by atoms with van der Waals surface area (Å²) in [4.78, 5) is 4.15. The SMILES string of the molecule is Fc1ccc2sc(Nc3cc(Br)c(F)cc3F)nc2c1. The van der Waals surface area contributed by atoms with E-state index in [-0.39, 0.29) is 16.0 Å². The largest absolute Gasteiger partial charge is 0.329 e. The smallest absolute Gasteiger partial charge is 0.188 e. The Morgan fingerprint density at radius 2 is 1.85 bits per heavy atom. The third kappa shape index (κ3) is 2.51. The lowest BCUT2D eigenvalue weighted by molar-refractivity contribution is 0.581. The van der Waals surface area contributed by atoms with Gasteiger partial charge in [-0.15, -0.1) is 0 Å². The molecule has 0 radical (unpaired) electrons. The van der Waals surface area contributed by atoms with Crippen LogP contribution in [0.3, 0.4) is 0 Å². The second-order valence-electron chi connectivity index (χ2n) is 4.00. The summed E-state index contributed by atoms with van der Waals surface area (Å²) in [5.41, 5.74) is 0.580. The van der Waals surface area contributed by atoms with E-state index in [1.54, 1.807) is 6.07 Å². The van der Waals surface area contributed by atoms with E-state index >= 15 is 0 Å². The highest BCUT2D eigenvalue weighted by atomic mass is 79.9. The normalized spacial score (nSPS) is 11.0. The number of fused-ring (bicyclic) bond motifs is 1. The zero-order valence-corrected chi connectivity index (χ0v) is 12.2. The molecule has 0 unspecified atom stereocenters. The van der Waals surface area contributed by atoms with Gasteiger partial charge in [0.1, 0.15) is 17.5 Å². The number of anilines is 2. The van der Waals surface area contributed by atoms with Crippen molar-refractivity contribution in [1.82, 2.24) is 4.98 Å². The van der Waals surface area contributed by atoms with Crippen LogP contribution in [0.25, 0.3) is 10.2 Å². The van der Waals surface area contributed by atoms with Crippen LogP contribution in [-0.2, 0) is 0 Å². The van der Waals surface area contributed by atoms with Crippen LogP contribution in [0.5, 0.6) is 0 Å². The number of hydrogen-bond acceptors (Lipinski definition) is 3. The molecule has 0 atom stereocenters. The Morgan fingerprint density at radius 3 is 2.65 bits per heavy atom. The Labute approximate surface area is 124 Å². The lowest BCUT2D eigenvalue weighted by Gasteiger charge is -2.05. The van der Waals surface area contributed by atoms with Crippen LogP contribution in [0.2, 0.25) is 0 Å². The van der Waals surface area contributed by atoms with Crippen LogP contribution in [0, 0.1) is 17.5 Å². The highest BCUT2D eigenvalue weighted by Gasteiger charge is 2.11. The lowest BCUT2D eigenvalue weighted by atomic mass is 10.3. The number of aromatic nitrogens is 1. The van der Waals surface area contributed by atoms with Gasteiger partial charge >= 0.3 is 0 Å². The fourth-order valence-electron chi connectivity index (χ4n) is 1.69. The molecule has 0 saturated heterocycles. The minimum absolute atomic E-state index is 0.0952. The minimum atomic E-state index is -0.726. The highest BCUT2D eigenvalue weighted by molar-refractivity contribution is 9.10. The molecule has 1 heterocycles. The number of nitrogens with one attached hydrogen (secondary N) is 1. The third-order valence-corrected chi connectivity index (χ3v) is 4.16. The molecule has 20 heavy (non-hydrogen) atoms. The number of hydrogen-bond donors (Lipinski definition) is 1. The Kier molecular flexibility index (Phi) is 3.39. The maximum atomic E-state index is 13.6. The van der Waals surface area contributed by atoms with Crippen molar-refractivity contribution in [1.29, 1.82) is 0 Å². The van der Waals surface area contributed by atoms with E-state index in [0.29, 0.717) is 10.6 Å². The van der Waals surface area contributed by atoms with Crippen LogP contribution in [0.4, 0.5) is 24.0 Å². The van der Waals surface area contributed by atoms with E-state index in [1.165, 1.54) is 29.5 Å². The van der Waals surface area contributed by atoms with E-state index in [0.717, 1.165) is 10.8 Å². The first kappa shape index (κ1) is 13.4. The van der Waals surface area contributed by atoms with E-state index in [4.69, 9.17) is 0 Å². The van der Waals surface area contributed by atoms with E-state index in [1.807, 2.05) is 0 Å². The van der Waals surface area contributed by atoms with Crippen LogP contribution < -0.4 is 5.32 Å². The predicted octanol–water partition coefficient (Wildman–Crippen LogP) is 5.22. The maximum absolute atomic E-state index is 13.6. The Bertz CT molecular complexity index is 804. The molecular weight excluding hydrogens is 353 g/mol. The number of halogens is 4. The van der Waals surface area contributed by atoms with Crippen molar-refractivity contribution in [2.75, 3.05) is 5.32 Å². The van der Waals surface area contributed by atoms with Crippen molar-refractivity contribution >= 4 is 48.3 Å². The van der Waals surface area contributed by atoms with Gasteiger partial charge in [0.15, 0.2) is 5.13 Å². The average Bonchev–Trinajstić information content (AvgIpc) is 2.77. The topological polar surface area (TPSA) is 24.9 Å². The second kappa shape index (κ2) is 5.06. The van der Waals surface area contributed by atoms with Crippen molar-refractivity contribution in [2.45, 2.75) is 0 Å². The number of nitrogens with zero attached hydrogens (tertiary/aromatic N) is 1. The summed E-state index contributed by atoms with van der Waals surface area (Å²) in [6.07, 6.45) is 0. The van der Waals surface area contributed by atoms with Crippen LogP contribution in [0.15, 0.2) is 34.8 Å². The molecule has 3 aromatic rings. The molecule has 2 aromatic carbocycles. The van der Waals surface area contributed by atoms with E-state index < -0.39 is 11.6 Å². The fraction of sp³-hybridized carbons (Fsp3) is 0. The molecule has 0 spiro atoms. The predicted molar refractivity (Wildman–Crippen MR) is 76.9 cm³/mol. The van der Waals surface area contributed by atoms with Gasteiger partial charge in [0.25, 0.3) is 0 Å². The fourth-order valence-corrected chi connectivity index (χ4v) is 2.89. The van der Waals surface area contributed by atoms with Gasteiger partial charge in [-0.05, 0) is 34.1 Å². The van der Waals surface area contributed by atoms with Gasteiger partial charge in [-0.1, -0.05) is 11.3 Å². The first-order valence-electron chi connectivity index (χ1n) is 5.50. The molecule has 0 fully saturated rings. The Balaban J connectivity index is 1.99. The molecule has 2 nitrogen and oxygen atoms in total. The maximum Gasteiger partial charge on any atom is 0.188 e. The van der Waals surface area contributed by atoms with Crippen molar-refractivity contribution in [3.63, 3.8) is 0 Å². The summed E-state index contributed by atoms with van der Waals surface area (Å²) < 4.78 is 40.8. The molecule has 1 aromatic heterocycles. The van der Waals surface area contributed by atoms with Gasteiger partial charge in [0.2, 0.25) is 0 Å². The average molecular weight is 359 g/mol. The van der Waals surface area contributed by atoms with Gasteiger partial charge in [-0.25, -0.2) is 18.2 Å². The standard InChI is InChI=1S/C13H6BrF3N2S/c14-7-4-10(9(17)5-8(7)16)18-13-19-11-3-6(15)1-2-12(11)20-13/h1-5H,(H,18,19). The van der Waals surface area contributed by atoms with Crippen LogP contribution in [-0.4, -0.2) is 4.98 Å². The summed E-state index contributed by atoms with van der Waals surface area (Å²) in [5, 5.41) is 3.17. The molecule has 7 heteroatoms. The highest BCUT2D eigenvalue weighted by Crippen LogP contribution is 2.31. The molecular formula is C13H6BrF3N2S. The molecule has 1 N–H and O–H groups in total. The molecule has 0 saturated carbocycles. The molecule has 0 aliphatic carbocycles. The first-order chi connectivity index (χ1) is 9.52. The number of thiazole rings is 1. The summed E-state index contributed by atoms with van der Waals surface area (Å²) in [5.74, 6) is -1.79. The van der Waals surface area contributed by atoms with Crippen molar-refractivity contribution < 1.29 is 13.2 Å². The molecule has 0 amide bonds. The van der Waals surface area contributed by atoms with E-state index in [2.05, 4.69) is 26.2 Å². The van der Waals surface area contributed by atoms with Crippen molar-refractivity contribution in [2.24, 2.45) is 0 Å². The zero-order valence-electron chi connectivity index (χ0n) is 9.75. The van der Waals surface area contributed by atoms with Gasteiger partial charge in [0.05, 0.1) is 20.4 Å². The molecule has 102 valence electrons. The molecule has 3 rings (SSSR count). The van der Waals surface area contributed by atoms with Gasteiger partial charge in [0, 0.05) is 12.1 Å². The summed E-state index contributed by atoms with van der Waals surface area (Å²) in [6.45, 7) is 0. The van der Waals surface area contributed by atoms with Crippen LogP contribution in [0.1, 0.15) is 0 Å². The van der Waals surface area contributed by atoms with Crippen molar-refractivity contribution in [3.8, 4) is 0 Å². The molecule has 0 aliphatic heterocycles. The number of benzene rings is 2. The quantitative estimate of drug-likeness (QED) is 0.635. The zero-order chi connectivity index (χ0) is 14.3. The number of rotatable bonds is 2. The molecule has 0 bridgehead atoms. The van der Waals surface area contributed by atoms with Gasteiger partial charge in [-0.2, -0.15) is 0 Å². The first-order valence-corrected chi connectivity index (χ1v) is 7.11. The minimum Gasteiger partial charge on any atom is -0.329 e. The second-order valence-corrected chi connectivity index (χ2v) is 5.89. The van der Waals surface area contributed by atoms with E-state index in [9.17, 15) is 13.2 Å². The summed E-state index contributed by atoms with van der Waals surface area (Å²) >= 11 is 4.24. The third-order valence-electron chi connectivity index (χ3n) is 2.60. The van der Waals surface area contributed by atoms with Crippen molar-refractivity contribution in [3.05, 3.63) is 52.3 Å². The molecule has 0 aliphatic rings. The van der Waals surface area contributed by atoms with Gasteiger partial charge < -0.3 is 5.32 Å². The Morgan fingerprint density at radius 1 is 1.05 bits per heavy atom. The summed E-state index contributed by atoms with van der Waals surface area (Å²) in [6, 6.07) is 6.30.